The molecule has 1 heterocycles. The molecule has 0 spiro atoms. The van der Waals surface area contributed by atoms with E-state index >= 15 is 0 Å². The van der Waals surface area contributed by atoms with E-state index in [1.165, 1.54) is 0 Å². The van der Waals surface area contributed by atoms with Crippen molar-refractivity contribution in [3.8, 4) is 5.88 Å². The van der Waals surface area contributed by atoms with Crippen LogP contribution in [0.2, 0.25) is 0 Å². The Morgan fingerprint density at radius 3 is 2.11 bits per heavy atom. The summed E-state index contributed by atoms with van der Waals surface area (Å²) in [5, 5.41) is 0. The van der Waals surface area contributed by atoms with Crippen LogP contribution in [0.5, 0.6) is 5.88 Å². The van der Waals surface area contributed by atoms with Crippen LogP contribution in [0.15, 0.2) is 10.8 Å². The van der Waals surface area contributed by atoms with Crippen molar-refractivity contribution in [2.45, 2.75) is 18.5 Å². The molecule has 0 saturated carbocycles. The van der Waals surface area contributed by atoms with E-state index in [-0.39, 0.29) is 10.3 Å². The summed E-state index contributed by atoms with van der Waals surface area (Å²) in [6, 6.07) is 0. The highest BCUT2D eigenvalue weighted by molar-refractivity contribution is 9.10. The van der Waals surface area contributed by atoms with Crippen molar-refractivity contribution in [1.29, 1.82) is 0 Å². The zero-order valence-electron chi connectivity index (χ0n) is 8.68. The molecule has 1 aromatic heterocycles. The number of ether oxygens (including phenoxy) is 1. The molecular formula is C7H5BrF6N4O. The number of hydrazine groups is 1. The highest BCUT2D eigenvalue weighted by atomic mass is 79.9. The molecule has 0 atom stereocenters. The zero-order valence-corrected chi connectivity index (χ0v) is 10.3. The lowest BCUT2D eigenvalue weighted by molar-refractivity contribution is -0.300. The maximum Gasteiger partial charge on any atom is 0.434 e. The van der Waals surface area contributed by atoms with Gasteiger partial charge >= 0.3 is 12.4 Å². The van der Waals surface area contributed by atoms with E-state index in [1.54, 1.807) is 0 Å². The number of aromatic nitrogens is 2. The number of rotatable bonds is 3. The first-order valence-electron chi connectivity index (χ1n) is 4.34. The first-order valence-corrected chi connectivity index (χ1v) is 5.14. The lowest BCUT2D eigenvalue weighted by atomic mass is 10.3. The standard InChI is InChI=1S/C7H5BrF6N4O/c8-2-3(18-15)16-1-17-4(2)19-5(6(9,10)11)7(12,13)14/h1,5H,15H2,(H,16,17,18). The van der Waals surface area contributed by atoms with E-state index in [0.29, 0.717) is 6.33 Å². The van der Waals surface area contributed by atoms with Crippen molar-refractivity contribution in [3.63, 3.8) is 0 Å². The molecule has 0 unspecified atom stereocenters. The van der Waals surface area contributed by atoms with Crippen LogP contribution in [0.4, 0.5) is 32.2 Å². The topological polar surface area (TPSA) is 73.1 Å². The first kappa shape index (κ1) is 15.8. The van der Waals surface area contributed by atoms with Crippen LogP contribution in [0, 0.1) is 0 Å². The van der Waals surface area contributed by atoms with Crippen molar-refractivity contribution in [1.82, 2.24) is 9.97 Å². The Kier molecular flexibility index (Phi) is 4.45. The van der Waals surface area contributed by atoms with Crippen LogP contribution in [0.3, 0.4) is 0 Å². The second kappa shape index (κ2) is 5.36. The highest BCUT2D eigenvalue weighted by Crippen LogP contribution is 2.38. The molecule has 5 nitrogen and oxygen atoms in total. The third kappa shape index (κ3) is 3.83. The fraction of sp³-hybridized carbons (Fsp3) is 0.429. The molecule has 0 amide bonds. The Hall–Kier alpha value is -1.30. The summed E-state index contributed by atoms with van der Waals surface area (Å²) >= 11 is 2.68. The second-order valence-electron chi connectivity index (χ2n) is 3.07. The van der Waals surface area contributed by atoms with Gasteiger partial charge in [-0.3, -0.25) is 0 Å². The average Bonchev–Trinajstić information content (AvgIpc) is 2.24. The summed E-state index contributed by atoms with van der Waals surface area (Å²) in [6.45, 7) is 0. The number of anilines is 1. The van der Waals surface area contributed by atoms with E-state index in [4.69, 9.17) is 5.84 Å². The molecule has 0 bridgehead atoms. The molecule has 1 rings (SSSR count). The number of hydrogen-bond donors (Lipinski definition) is 2. The van der Waals surface area contributed by atoms with Gasteiger partial charge < -0.3 is 10.2 Å². The van der Waals surface area contributed by atoms with Gasteiger partial charge in [-0.2, -0.15) is 26.3 Å². The van der Waals surface area contributed by atoms with Crippen LogP contribution >= 0.6 is 15.9 Å². The molecule has 0 aliphatic carbocycles. The molecule has 0 fully saturated rings. The number of hydrogen-bond acceptors (Lipinski definition) is 5. The summed E-state index contributed by atoms with van der Waals surface area (Å²) in [5.74, 6) is 3.78. The molecule has 0 saturated heterocycles. The maximum absolute atomic E-state index is 12.3. The van der Waals surface area contributed by atoms with Crippen molar-refractivity contribution in [2.75, 3.05) is 5.43 Å². The Balaban J connectivity index is 3.11. The molecule has 19 heavy (non-hydrogen) atoms. The van der Waals surface area contributed by atoms with Gasteiger partial charge in [-0.1, -0.05) is 0 Å². The lowest BCUT2D eigenvalue weighted by Crippen LogP contribution is -2.46. The minimum Gasteiger partial charge on any atom is -0.454 e. The summed E-state index contributed by atoms with van der Waals surface area (Å²) in [5.41, 5.74) is 1.95. The third-order valence-corrected chi connectivity index (χ3v) is 2.43. The predicted molar refractivity (Wildman–Crippen MR) is 54.1 cm³/mol. The zero-order chi connectivity index (χ0) is 14.8. The third-order valence-electron chi connectivity index (χ3n) is 1.72. The van der Waals surface area contributed by atoms with Gasteiger partial charge in [0.05, 0.1) is 0 Å². The van der Waals surface area contributed by atoms with E-state index in [0.717, 1.165) is 0 Å². The molecular weight excluding hydrogens is 350 g/mol. The minimum atomic E-state index is -5.64. The molecule has 3 N–H and O–H groups in total. The second-order valence-corrected chi connectivity index (χ2v) is 3.86. The van der Waals surface area contributed by atoms with E-state index in [2.05, 4.69) is 30.6 Å². The van der Waals surface area contributed by atoms with Gasteiger partial charge in [0.2, 0.25) is 5.88 Å². The van der Waals surface area contributed by atoms with Crippen LogP contribution in [-0.4, -0.2) is 28.4 Å². The quantitative estimate of drug-likeness (QED) is 0.495. The van der Waals surface area contributed by atoms with Crippen LogP contribution in [0.25, 0.3) is 0 Å². The Labute approximate surface area is 110 Å². The molecule has 12 heteroatoms. The van der Waals surface area contributed by atoms with Gasteiger partial charge in [-0.25, -0.2) is 15.8 Å². The number of nitrogens with one attached hydrogen (secondary N) is 1. The number of halogens is 7. The van der Waals surface area contributed by atoms with Crippen molar-refractivity contribution in [2.24, 2.45) is 5.84 Å². The fourth-order valence-electron chi connectivity index (χ4n) is 0.967. The van der Waals surface area contributed by atoms with Gasteiger partial charge in [0.15, 0.2) is 5.82 Å². The molecule has 1 aromatic rings. The molecule has 0 aromatic carbocycles. The number of alkyl halides is 6. The van der Waals surface area contributed by atoms with Crippen molar-refractivity contribution >= 4 is 21.7 Å². The Morgan fingerprint density at radius 1 is 1.16 bits per heavy atom. The monoisotopic (exact) mass is 354 g/mol. The average molecular weight is 355 g/mol. The van der Waals surface area contributed by atoms with Gasteiger partial charge in [0.25, 0.3) is 6.10 Å². The van der Waals surface area contributed by atoms with Crippen LogP contribution in [0.1, 0.15) is 0 Å². The fourth-order valence-corrected chi connectivity index (χ4v) is 1.38. The number of nitrogen functional groups attached to an aromatic ring is 1. The highest BCUT2D eigenvalue weighted by Gasteiger charge is 2.59. The number of nitrogens with zero attached hydrogens (tertiary/aromatic N) is 2. The van der Waals surface area contributed by atoms with E-state index in [9.17, 15) is 26.3 Å². The van der Waals surface area contributed by atoms with E-state index < -0.39 is 24.3 Å². The molecule has 0 radical (unpaired) electrons. The largest absolute Gasteiger partial charge is 0.454 e. The SMILES string of the molecule is NNc1ncnc(OC(C(F)(F)F)C(F)(F)F)c1Br. The van der Waals surface area contributed by atoms with Gasteiger partial charge in [0, 0.05) is 0 Å². The van der Waals surface area contributed by atoms with Crippen LogP contribution < -0.4 is 16.0 Å². The predicted octanol–water partition coefficient (Wildman–Crippen LogP) is 2.40. The summed E-state index contributed by atoms with van der Waals surface area (Å²) < 4.78 is 77.1. The van der Waals surface area contributed by atoms with Crippen molar-refractivity contribution < 1.29 is 31.1 Å². The lowest BCUT2D eigenvalue weighted by Gasteiger charge is -2.23. The Morgan fingerprint density at radius 2 is 1.68 bits per heavy atom. The van der Waals surface area contributed by atoms with Gasteiger partial charge in [-0.15, -0.1) is 0 Å². The first-order chi connectivity index (χ1) is 8.57. The van der Waals surface area contributed by atoms with Gasteiger partial charge in [-0.05, 0) is 15.9 Å². The molecule has 108 valence electrons. The van der Waals surface area contributed by atoms with Gasteiger partial charge in [0.1, 0.15) is 10.8 Å². The smallest absolute Gasteiger partial charge is 0.434 e. The molecule has 0 aliphatic heterocycles. The Bertz CT molecular complexity index is 436. The van der Waals surface area contributed by atoms with E-state index in [1.807, 2.05) is 5.43 Å². The summed E-state index contributed by atoms with van der Waals surface area (Å²) in [4.78, 5) is 6.63. The summed E-state index contributed by atoms with van der Waals surface area (Å²) in [6.07, 6.45) is -14.6. The number of nitrogens with two attached hydrogens (primary N) is 1. The molecule has 0 aliphatic rings. The van der Waals surface area contributed by atoms with Crippen LogP contribution in [-0.2, 0) is 0 Å². The summed E-state index contributed by atoms with van der Waals surface area (Å²) in [7, 11) is 0. The minimum absolute atomic E-state index is 0.229. The normalized spacial score (nSPS) is 12.7. The van der Waals surface area contributed by atoms with Crippen molar-refractivity contribution in [3.05, 3.63) is 10.8 Å². The maximum atomic E-state index is 12.3.